The monoisotopic (exact) mass is 232 g/mol. The first-order valence-electron chi connectivity index (χ1n) is 5.05. The lowest BCUT2D eigenvalue weighted by Crippen LogP contribution is -2.26. The molecule has 0 aromatic heterocycles. The van der Waals surface area contributed by atoms with Gasteiger partial charge in [-0.15, -0.1) is 0 Å². The lowest BCUT2D eigenvalue weighted by Gasteiger charge is -2.17. The molecular weight excluding hydrogens is 217 g/mol. The van der Waals surface area contributed by atoms with Crippen LogP contribution in [0.1, 0.15) is 32.3 Å². The smallest absolute Gasteiger partial charge is 0.299 e. The number of benzene rings is 1. The first kappa shape index (κ1) is 14.7. The van der Waals surface area contributed by atoms with E-state index in [9.17, 15) is 18.0 Å². The van der Waals surface area contributed by atoms with Gasteiger partial charge in [0.1, 0.15) is 11.7 Å². The minimum atomic E-state index is -4.51. The van der Waals surface area contributed by atoms with Crippen molar-refractivity contribution in [3.8, 4) is 0 Å². The Bertz CT molecular complexity index is 317. The topological polar surface area (TPSA) is 17.1 Å². The molecule has 0 aliphatic heterocycles. The molecule has 1 atom stereocenters. The highest BCUT2D eigenvalue weighted by Crippen LogP contribution is 2.35. The summed E-state index contributed by atoms with van der Waals surface area (Å²) in [4.78, 5) is 10.9. The molecule has 4 heteroatoms. The largest absolute Gasteiger partial charge is 0.402 e. The predicted molar refractivity (Wildman–Crippen MR) is 57.3 cm³/mol. The number of rotatable bonds is 2. The summed E-state index contributed by atoms with van der Waals surface area (Å²) in [5.74, 6) is -2.88. The predicted octanol–water partition coefficient (Wildman–Crippen LogP) is 3.95. The molecule has 90 valence electrons. The summed E-state index contributed by atoms with van der Waals surface area (Å²) in [5, 5.41) is 0. The second-order valence-electron chi connectivity index (χ2n) is 3.00. The highest BCUT2D eigenvalue weighted by atomic mass is 19.4. The third kappa shape index (κ3) is 4.04. The maximum absolute atomic E-state index is 12.4. The van der Waals surface area contributed by atoms with Gasteiger partial charge in [0, 0.05) is 0 Å². The molecule has 0 N–H and O–H groups in total. The van der Waals surface area contributed by atoms with Gasteiger partial charge in [-0.1, -0.05) is 44.2 Å². The van der Waals surface area contributed by atoms with Gasteiger partial charge in [0.15, 0.2) is 0 Å². The molecule has 0 spiro atoms. The molecule has 0 saturated heterocycles. The van der Waals surface area contributed by atoms with Gasteiger partial charge < -0.3 is 0 Å². The number of hydrogen-bond donors (Lipinski definition) is 0. The Morgan fingerprint density at radius 1 is 1.12 bits per heavy atom. The molecule has 16 heavy (non-hydrogen) atoms. The third-order valence-electron chi connectivity index (χ3n) is 1.87. The molecule has 0 radical (unpaired) electrons. The van der Waals surface area contributed by atoms with Crippen LogP contribution in [0.25, 0.3) is 0 Å². The van der Waals surface area contributed by atoms with Gasteiger partial charge in [-0.25, -0.2) is 0 Å². The zero-order valence-electron chi connectivity index (χ0n) is 9.51. The molecule has 0 aliphatic carbocycles. The van der Waals surface area contributed by atoms with Crippen molar-refractivity contribution in [2.45, 2.75) is 32.9 Å². The molecule has 0 saturated carbocycles. The minimum absolute atomic E-state index is 0.00694. The highest BCUT2D eigenvalue weighted by molar-refractivity contribution is 5.84. The van der Waals surface area contributed by atoms with Crippen molar-refractivity contribution in [1.82, 2.24) is 0 Å². The number of halogens is 3. The quantitative estimate of drug-likeness (QED) is 0.754. The number of ketones is 1. The average molecular weight is 232 g/mol. The Kier molecular flexibility index (Phi) is 5.78. The van der Waals surface area contributed by atoms with Crippen LogP contribution >= 0.6 is 0 Å². The zero-order chi connectivity index (χ0) is 12.8. The first-order valence-corrected chi connectivity index (χ1v) is 5.05. The Labute approximate surface area is 93.3 Å². The van der Waals surface area contributed by atoms with E-state index in [4.69, 9.17) is 0 Å². The van der Waals surface area contributed by atoms with E-state index in [1.54, 1.807) is 6.07 Å². The summed E-state index contributed by atoms with van der Waals surface area (Å²) < 4.78 is 37.3. The summed E-state index contributed by atoms with van der Waals surface area (Å²) in [6, 6.07) is 7.18. The fourth-order valence-electron chi connectivity index (χ4n) is 1.30. The number of hydrogen-bond acceptors (Lipinski definition) is 1. The van der Waals surface area contributed by atoms with Crippen molar-refractivity contribution in [3.63, 3.8) is 0 Å². The fourth-order valence-corrected chi connectivity index (χ4v) is 1.30. The molecule has 1 aromatic carbocycles. The van der Waals surface area contributed by atoms with Gasteiger partial charge in [0.25, 0.3) is 0 Å². The van der Waals surface area contributed by atoms with E-state index in [-0.39, 0.29) is 5.56 Å². The van der Waals surface area contributed by atoms with Crippen molar-refractivity contribution in [1.29, 1.82) is 0 Å². The van der Waals surface area contributed by atoms with E-state index >= 15 is 0 Å². The maximum Gasteiger partial charge on any atom is 0.402 e. The van der Waals surface area contributed by atoms with Gasteiger partial charge in [-0.05, 0) is 12.5 Å². The molecule has 1 unspecified atom stereocenters. The summed E-state index contributed by atoms with van der Waals surface area (Å²) >= 11 is 0. The number of Topliss-reactive ketones (excluding diaryl/α,β-unsaturated/α-hetero) is 1. The van der Waals surface area contributed by atoms with Crippen LogP contribution in [-0.2, 0) is 4.79 Å². The Hall–Kier alpha value is -1.32. The first-order chi connectivity index (χ1) is 7.43. The molecule has 1 nitrogen and oxygen atoms in total. The fraction of sp³-hybridized carbons (Fsp3) is 0.417. The van der Waals surface area contributed by atoms with Crippen LogP contribution in [0.5, 0.6) is 0 Å². The molecule has 1 aromatic rings. The van der Waals surface area contributed by atoms with E-state index in [0.29, 0.717) is 0 Å². The molecule has 0 heterocycles. The van der Waals surface area contributed by atoms with Crippen molar-refractivity contribution in [2.75, 3.05) is 0 Å². The molecule has 1 rings (SSSR count). The Morgan fingerprint density at radius 2 is 1.56 bits per heavy atom. The molecule has 0 aliphatic rings. The summed E-state index contributed by atoms with van der Waals surface area (Å²) in [6.07, 6.45) is -4.51. The molecule has 0 bridgehead atoms. The van der Waals surface area contributed by atoms with Crippen LogP contribution in [0.4, 0.5) is 13.2 Å². The number of carbonyl (C=O) groups excluding carboxylic acids is 1. The van der Waals surface area contributed by atoms with E-state index in [2.05, 4.69) is 0 Å². The van der Waals surface area contributed by atoms with Crippen molar-refractivity contribution < 1.29 is 18.0 Å². The Balaban J connectivity index is 0.00000106. The van der Waals surface area contributed by atoms with Crippen LogP contribution < -0.4 is 0 Å². The van der Waals surface area contributed by atoms with E-state index in [0.717, 1.165) is 6.92 Å². The summed E-state index contributed by atoms with van der Waals surface area (Å²) in [7, 11) is 0. The van der Waals surface area contributed by atoms with E-state index < -0.39 is 17.9 Å². The SMILES string of the molecule is CC.CC(=O)C(c1ccccc1)C(F)(F)F. The second-order valence-corrected chi connectivity index (χ2v) is 3.00. The van der Waals surface area contributed by atoms with Crippen molar-refractivity contribution >= 4 is 5.78 Å². The zero-order valence-corrected chi connectivity index (χ0v) is 9.51. The van der Waals surface area contributed by atoms with Crippen LogP contribution in [-0.4, -0.2) is 12.0 Å². The molecule has 0 amide bonds. The van der Waals surface area contributed by atoms with Crippen molar-refractivity contribution in [3.05, 3.63) is 35.9 Å². The number of alkyl halides is 3. The standard InChI is InChI=1S/C10H9F3O.C2H6/c1-7(14)9(10(11,12)13)8-5-3-2-4-6-8;1-2/h2-6,9H,1H3;1-2H3. The van der Waals surface area contributed by atoms with E-state index in [1.165, 1.54) is 24.3 Å². The van der Waals surface area contributed by atoms with Gasteiger partial charge in [0.2, 0.25) is 0 Å². The third-order valence-corrected chi connectivity index (χ3v) is 1.87. The summed E-state index contributed by atoms with van der Waals surface area (Å²) in [6.45, 7) is 4.95. The van der Waals surface area contributed by atoms with E-state index in [1.807, 2.05) is 13.8 Å². The van der Waals surface area contributed by atoms with Crippen LogP contribution in [0.15, 0.2) is 30.3 Å². The van der Waals surface area contributed by atoms with Gasteiger partial charge in [-0.2, -0.15) is 13.2 Å². The lowest BCUT2D eigenvalue weighted by molar-refractivity contribution is -0.162. The van der Waals surface area contributed by atoms with Gasteiger partial charge in [0.05, 0.1) is 0 Å². The van der Waals surface area contributed by atoms with Crippen LogP contribution in [0.2, 0.25) is 0 Å². The Morgan fingerprint density at radius 3 is 1.88 bits per heavy atom. The number of carbonyl (C=O) groups is 1. The normalized spacial score (nSPS) is 12.4. The molecule has 0 fully saturated rings. The average Bonchev–Trinajstić information content (AvgIpc) is 2.19. The minimum Gasteiger partial charge on any atom is -0.299 e. The second kappa shape index (κ2) is 6.30. The van der Waals surface area contributed by atoms with Gasteiger partial charge in [-0.3, -0.25) is 4.79 Å². The van der Waals surface area contributed by atoms with Crippen molar-refractivity contribution in [2.24, 2.45) is 0 Å². The van der Waals surface area contributed by atoms with Gasteiger partial charge >= 0.3 is 6.18 Å². The van der Waals surface area contributed by atoms with Crippen LogP contribution in [0.3, 0.4) is 0 Å². The highest BCUT2D eigenvalue weighted by Gasteiger charge is 2.43. The molecular formula is C12H15F3O. The summed E-state index contributed by atoms with van der Waals surface area (Å²) in [5.41, 5.74) is -0.00694. The maximum atomic E-state index is 12.4. The van der Waals surface area contributed by atoms with Crippen LogP contribution in [0, 0.1) is 0 Å². The lowest BCUT2D eigenvalue weighted by atomic mass is 9.95.